The number of benzene rings is 2. The summed E-state index contributed by atoms with van der Waals surface area (Å²) < 4.78 is 1.07. The molecule has 2 aromatic rings. The Morgan fingerprint density at radius 3 is 2.12 bits per heavy atom. The Morgan fingerprint density at radius 1 is 0.875 bits per heavy atom. The lowest BCUT2D eigenvalue weighted by atomic mass is 10.0. The number of hydrogen-bond donors (Lipinski definition) is 0. The second-order valence-electron chi connectivity index (χ2n) is 3.97. The Balaban J connectivity index is 2.66. The fourth-order valence-corrected chi connectivity index (χ4v) is 2.37. The van der Waals surface area contributed by atoms with Crippen LogP contribution in [-0.2, 0) is 0 Å². The molecule has 0 saturated heterocycles. The third-order valence-electron chi connectivity index (χ3n) is 2.53. The van der Waals surface area contributed by atoms with Crippen LogP contribution in [0.5, 0.6) is 0 Å². The first-order chi connectivity index (χ1) is 7.58. The quantitative estimate of drug-likeness (QED) is 0.662. The van der Waals surface area contributed by atoms with Gasteiger partial charge in [0.2, 0.25) is 0 Å². The van der Waals surface area contributed by atoms with Gasteiger partial charge in [-0.1, -0.05) is 56.9 Å². The molecule has 0 unspecified atom stereocenters. The molecule has 0 N–H and O–H groups in total. The number of rotatable bonds is 1. The van der Waals surface area contributed by atoms with E-state index in [1.807, 2.05) is 12.1 Å². The number of aryl methyl sites for hydroxylation is 2. The van der Waals surface area contributed by atoms with E-state index in [4.69, 9.17) is 11.6 Å². The van der Waals surface area contributed by atoms with Gasteiger partial charge < -0.3 is 0 Å². The van der Waals surface area contributed by atoms with Crippen molar-refractivity contribution >= 4 is 27.5 Å². The molecular formula is C14H12BrCl. The van der Waals surface area contributed by atoms with E-state index in [-0.39, 0.29) is 0 Å². The molecule has 2 heteroatoms. The summed E-state index contributed by atoms with van der Waals surface area (Å²) in [5, 5.41) is 0.789. The van der Waals surface area contributed by atoms with Crippen LogP contribution in [-0.4, -0.2) is 0 Å². The van der Waals surface area contributed by atoms with Gasteiger partial charge in [-0.15, -0.1) is 0 Å². The standard InChI is InChI=1S/C14H12BrCl/c1-9-3-5-13(15)11(7-9)12-8-10(2)4-6-14(12)16/h3-8H,1-2H3. The maximum atomic E-state index is 6.23. The molecule has 0 spiro atoms. The molecule has 2 aromatic carbocycles. The van der Waals surface area contributed by atoms with E-state index in [0.717, 1.165) is 20.6 Å². The van der Waals surface area contributed by atoms with Crippen molar-refractivity contribution in [1.82, 2.24) is 0 Å². The lowest BCUT2D eigenvalue weighted by Crippen LogP contribution is -1.84. The van der Waals surface area contributed by atoms with Crippen molar-refractivity contribution in [2.24, 2.45) is 0 Å². The van der Waals surface area contributed by atoms with E-state index in [1.54, 1.807) is 0 Å². The number of halogens is 2. The van der Waals surface area contributed by atoms with Gasteiger partial charge in [0.05, 0.1) is 0 Å². The first-order valence-corrected chi connectivity index (χ1v) is 6.27. The van der Waals surface area contributed by atoms with E-state index in [0.29, 0.717) is 0 Å². The van der Waals surface area contributed by atoms with Crippen LogP contribution < -0.4 is 0 Å². The lowest BCUT2D eigenvalue weighted by molar-refractivity contribution is 1.43. The molecule has 0 nitrogen and oxygen atoms in total. The van der Waals surface area contributed by atoms with Crippen LogP contribution in [0.15, 0.2) is 40.9 Å². The fraction of sp³-hybridized carbons (Fsp3) is 0.143. The van der Waals surface area contributed by atoms with E-state index in [9.17, 15) is 0 Å². The highest BCUT2D eigenvalue weighted by Crippen LogP contribution is 2.34. The van der Waals surface area contributed by atoms with Crippen LogP contribution in [0, 0.1) is 13.8 Å². The second kappa shape index (κ2) is 4.60. The van der Waals surface area contributed by atoms with Gasteiger partial charge >= 0.3 is 0 Å². The van der Waals surface area contributed by atoms with Crippen molar-refractivity contribution in [3.05, 3.63) is 57.0 Å². The molecule has 82 valence electrons. The first kappa shape index (κ1) is 11.7. The Labute approximate surface area is 109 Å². The van der Waals surface area contributed by atoms with Gasteiger partial charge in [-0.3, -0.25) is 0 Å². The Bertz CT molecular complexity index is 483. The summed E-state index contributed by atoms with van der Waals surface area (Å²) in [6.45, 7) is 4.16. The predicted molar refractivity (Wildman–Crippen MR) is 74.1 cm³/mol. The molecule has 0 heterocycles. The Morgan fingerprint density at radius 2 is 1.44 bits per heavy atom. The normalized spacial score (nSPS) is 10.5. The van der Waals surface area contributed by atoms with E-state index < -0.39 is 0 Å². The zero-order valence-corrected chi connectivity index (χ0v) is 11.6. The smallest absolute Gasteiger partial charge is 0.0484 e. The summed E-state index contributed by atoms with van der Waals surface area (Å²) >= 11 is 9.80. The average Bonchev–Trinajstić information content (AvgIpc) is 2.25. The van der Waals surface area contributed by atoms with Gasteiger partial charge in [0.25, 0.3) is 0 Å². The van der Waals surface area contributed by atoms with Crippen molar-refractivity contribution < 1.29 is 0 Å². The van der Waals surface area contributed by atoms with Gasteiger partial charge in [-0.05, 0) is 37.6 Å². The topological polar surface area (TPSA) is 0 Å². The van der Waals surface area contributed by atoms with E-state index >= 15 is 0 Å². The molecule has 0 aromatic heterocycles. The zero-order valence-electron chi connectivity index (χ0n) is 9.22. The molecular weight excluding hydrogens is 284 g/mol. The molecule has 0 radical (unpaired) electrons. The largest absolute Gasteiger partial charge is 0.0837 e. The molecule has 0 amide bonds. The van der Waals surface area contributed by atoms with Gasteiger partial charge in [-0.25, -0.2) is 0 Å². The summed E-state index contributed by atoms with van der Waals surface area (Å²) in [7, 11) is 0. The average molecular weight is 296 g/mol. The van der Waals surface area contributed by atoms with Crippen LogP contribution >= 0.6 is 27.5 Å². The molecule has 0 aliphatic heterocycles. The number of hydrogen-bond acceptors (Lipinski definition) is 0. The molecule has 0 fully saturated rings. The Hall–Kier alpha value is -0.790. The minimum atomic E-state index is 0.789. The predicted octanol–water partition coefficient (Wildman–Crippen LogP) is 5.39. The summed E-state index contributed by atoms with van der Waals surface area (Å²) in [5.74, 6) is 0. The zero-order chi connectivity index (χ0) is 11.7. The highest BCUT2D eigenvalue weighted by molar-refractivity contribution is 9.10. The van der Waals surface area contributed by atoms with Gasteiger partial charge in [0.15, 0.2) is 0 Å². The molecule has 0 atom stereocenters. The van der Waals surface area contributed by atoms with Gasteiger partial charge in [0.1, 0.15) is 0 Å². The molecule has 2 rings (SSSR count). The Kier molecular flexibility index (Phi) is 3.36. The van der Waals surface area contributed by atoms with Crippen molar-refractivity contribution in [1.29, 1.82) is 0 Å². The van der Waals surface area contributed by atoms with Crippen molar-refractivity contribution in [3.8, 4) is 11.1 Å². The van der Waals surface area contributed by atoms with Crippen LogP contribution in [0.2, 0.25) is 5.02 Å². The third-order valence-corrected chi connectivity index (χ3v) is 3.55. The third kappa shape index (κ3) is 2.31. The maximum absolute atomic E-state index is 6.23. The van der Waals surface area contributed by atoms with Crippen LogP contribution in [0.25, 0.3) is 11.1 Å². The second-order valence-corrected chi connectivity index (χ2v) is 5.23. The highest BCUT2D eigenvalue weighted by atomic mass is 79.9. The molecule has 0 aliphatic carbocycles. The minimum Gasteiger partial charge on any atom is -0.0837 e. The van der Waals surface area contributed by atoms with Crippen molar-refractivity contribution in [2.75, 3.05) is 0 Å². The molecule has 0 aliphatic rings. The SMILES string of the molecule is Cc1ccc(Cl)c(-c2cc(C)ccc2Br)c1. The maximum Gasteiger partial charge on any atom is 0.0484 e. The fourth-order valence-electron chi connectivity index (χ4n) is 1.69. The summed E-state index contributed by atoms with van der Waals surface area (Å²) in [4.78, 5) is 0. The monoisotopic (exact) mass is 294 g/mol. The lowest BCUT2D eigenvalue weighted by Gasteiger charge is -2.09. The van der Waals surface area contributed by atoms with E-state index in [1.165, 1.54) is 11.1 Å². The van der Waals surface area contributed by atoms with Crippen molar-refractivity contribution in [2.45, 2.75) is 13.8 Å². The minimum absolute atomic E-state index is 0.789. The molecule has 16 heavy (non-hydrogen) atoms. The summed E-state index contributed by atoms with van der Waals surface area (Å²) in [6, 6.07) is 12.4. The molecule has 0 bridgehead atoms. The van der Waals surface area contributed by atoms with Crippen molar-refractivity contribution in [3.63, 3.8) is 0 Å². The molecule has 0 saturated carbocycles. The van der Waals surface area contributed by atoms with Gasteiger partial charge in [-0.2, -0.15) is 0 Å². The van der Waals surface area contributed by atoms with Crippen LogP contribution in [0.1, 0.15) is 11.1 Å². The van der Waals surface area contributed by atoms with E-state index in [2.05, 4.69) is 54.0 Å². The summed E-state index contributed by atoms with van der Waals surface area (Å²) in [6.07, 6.45) is 0. The first-order valence-electron chi connectivity index (χ1n) is 5.10. The van der Waals surface area contributed by atoms with Crippen LogP contribution in [0.4, 0.5) is 0 Å². The summed E-state index contributed by atoms with van der Waals surface area (Å²) in [5.41, 5.74) is 4.68. The van der Waals surface area contributed by atoms with Crippen LogP contribution in [0.3, 0.4) is 0 Å². The highest BCUT2D eigenvalue weighted by Gasteiger charge is 2.07. The van der Waals surface area contributed by atoms with Gasteiger partial charge in [0, 0.05) is 15.1 Å².